The van der Waals surface area contributed by atoms with Gasteiger partial charge in [-0.25, -0.2) is 19.2 Å². The maximum Gasteiger partial charge on any atom is 0.335 e. The third-order valence-corrected chi connectivity index (χ3v) is 4.37. The summed E-state index contributed by atoms with van der Waals surface area (Å²) in [5, 5.41) is 10.7. The molecular formula is C19H11ClFN3O2. The predicted octanol–water partition coefficient (Wildman–Crippen LogP) is 4.58. The van der Waals surface area contributed by atoms with Crippen LogP contribution >= 0.6 is 11.6 Å². The molecule has 0 saturated heterocycles. The molecule has 0 spiro atoms. The maximum absolute atomic E-state index is 13.2. The van der Waals surface area contributed by atoms with Gasteiger partial charge in [-0.15, -0.1) is 0 Å². The van der Waals surface area contributed by atoms with Gasteiger partial charge in [-0.05, 0) is 18.2 Å². The molecule has 0 fully saturated rings. The van der Waals surface area contributed by atoms with Gasteiger partial charge in [0.05, 0.1) is 23.5 Å². The summed E-state index contributed by atoms with van der Waals surface area (Å²) in [6.45, 7) is 0. The number of carboxylic acid groups (broad SMARTS) is 1. The number of carbonyl (C=O) groups is 1. The minimum atomic E-state index is -1.04. The lowest BCUT2D eigenvalue weighted by Gasteiger charge is -2.03. The van der Waals surface area contributed by atoms with Crippen LogP contribution in [0.15, 0.2) is 61.1 Å². The molecule has 0 aliphatic carbocycles. The topological polar surface area (TPSA) is 68.0 Å². The highest BCUT2D eigenvalue weighted by Crippen LogP contribution is 2.36. The Morgan fingerprint density at radius 3 is 2.50 bits per heavy atom. The van der Waals surface area contributed by atoms with Crippen LogP contribution in [-0.4, -0.2) is 25.6 Å². The lowest BCUT2D eigenvalue weighted by molar-refractivity contribution is 0.0697. The van der Waals surface area contributed by atoms with Gasteiger partial charge in [-0.1, -0.05) is 35.9 Å². The van der Waals surface area contributed by atoms with Gasteiger partial charge in [0.1, 0.15) is 0 Å². The van der Waals surface area contributed by atoms with E-state index in [0.717, 1.165) is 28.9 Å². The third kappa shape index (κ3) is 2.70. The van der Waals surface area contributed by atoms with Crippen molar-refractivity contribution in [2.45, 2.75) is 0 Å². The third-order valence-electron chi connectivity index (χ3n) is 4.04. The Kier molecular flexibility index (Phi) is 3.89. The summed E-state index contributed by atoms with van der Waals surface area (Å²) in [6, 6.07) is 12.1. The van der Waals surface area contributed by atoms with Crippen LogP contribution < -0.4 is 0 Å². The van der Waals surface area contributed by atoms with Gasteiger partial charge in [-0.2, -0.15) is 0 Å². The average molecular weight is 368 g/mol. The molecule has 0 saturated carbocycles. The summed E-state index contributed by atoms with van der Waals surface area (Å²) in [6.07, 6.45) is 3.89. The summed E-state index contributed by atoms with van der Waals surface area (Å²) < 4.78 is 14.8. The highest BCUT2D eigenvalue weighted by atomic mass is 35.5. The fourth-order valence-electron chi connectivity index (χ4n) is 2.85. The van der Waals surface area contributed by atoms with Crippen LogP contribution in [0.5, 0.6) is 0 Å². The number of hydrogen-bond donors (Lipinski definition) is 1. The molecule has 128 valence electrons. The fourth-order valence-corrected chi connectivity index (χ4v) is 3.09. The van der Waals surface area contributed by atoms with Gasteiger partial charge < -0.3 is 5.11 Å². The van der Waals surface area contributed by atoms with E-state index < -0.39 is 11.8 Å². The Labute approximate surface area is 152 Å². The first-order valence-corrected chi connectivity index (χ1v) is 8.03. The summed E-state index contributed by atoms with van der Waals surface area (Å²) in [7, 11) is 0. The zero-order valence-corrected chi connectivity index (χ0v) is 14.0. The Balaban J connectivity index is 2.04. The van der Waals surface area contributed by atoms with E-state index in [2.05, 4.69) is 9.97 Å². The number of benzene rings is 2. The summed E-state index contributed by atoms with van der Waals surface area (Å²) in [5.74, 6) is -1.36. The molecule has 0 radical (unpaired) electrons. The predicted molar refractivity (Wildman–Crippen MR) is 96.2 cm³/mol. The molecule has 1 N–H and O–H groups in total. The minimum Gasteiger partial charge on any atom is -0.478 e. The van der Waals surface area contributed by atoms with Crippen molar-refractivity contribution in [2.24, 2.45) is 0 Å². The Morgan fingerprint density at radius 1 is 1.08 bits per heavy atom. The highest BCUT2D eigenvalue weighted by molar-refractivity contribution is 6.33. The Hall–Kier alpha value is -3.25. The van der Waals surface area contributed by atoms with Crippen molar-refractivity contribution in [3.05, 3.63) is 77.5 Å². The SMILES string of the molecule is O=C(O)c1ccc2c(-c3ccccc3Cl)cn(-c3ncc(F)cn3)c2c1. The van der Waals surface area contributed by atoms with E-state index in [1.807, 2.05) is 18.2 Å². The van der Waals surface area contributed by atoms with Gasteiger partial charge in [-0.3, -0.25) is 4.57 Å². The summed E-state index contributed by atoms with van der Waals surface area (Å²) in [5.41, 5.74) is 2.31. The second kappa shape index (κ2) is 6.24. The first kappa shape index (κ1) is 16.2. The van der Waals surface area contributed by atoms with Crippen molar-refractivity contribution in [2.75, 3.05) is 0 Å². The Morgan fingerprint density at radius 2 is 1.81 bits per heavy atom. The molecule has 26 heavy (non-hydrogen) atoms. The molecule has 0 atom stereocenters. The van der Waals surface area contributed by atoms with Crippen LogP contribution in [0.4, 0.5) is 4.39 Å². The number of aromatic nitrogens is 3. The zero-order chi connectivity index (χ0) is 18.3. The van der Waals surface area contributed by atoms with E-state index >= 15 is 0 Å². The zero-order valence-electron chi connectivity index (χ0n) is 13.2. The summed E-state index contributed by atoms with van der Waals surface area (Å²) >= 11 is 6.33. The largest absolute Gasteiger partial charge is 0.478 e. The van der Waals surface area contributed by atoms with Crippen molar-refractivity contribution in [3.63, 3.8) is 0 Å². The van der Waals surface area contributed by atoms with Gasteiger partial charge in [0.2, 0.25) is 5.95 Å². The smallest absolute Gasteiger partial charge is 0.335 e. The number of nitrogens with zero attached hydrogens (tertiary/aromatic N) is 3. The normalized spacial score (nSPS) is 11.0. The molecule has 0 amide bonds. The van der Waals surface area contributed by atoms with Crippen molar-refractivity contribution in [3.8, 4) is 17.1 Å². The number of halogens is 2. The lowest BCUT2D eigenvalue weighted by Crippen LogP contribution is -2.01. The van der Waals surface area contributed by atoms with E-state index in [-0.39, 0.29) is 11.5 Å². The van der Waals surface area contributed by atoms with Crippen molar-refractivity contribution in [1.82, 2.24) is 14.5 Å². The first-order valence-electron chi connectivity index (χ1n) is 7.66. The molecule has 0 aliphatic rings. The van der Waals surface area contributed by atoms with Crippen molar-refractivity contribution < 1.29 is 14.3 Å². The van der Waals surface area contributed by atoms with E-state index in [4.69, 9.17) is 11.6 Å². The molecule has 4 aromatic rings. The summed E-state index contributed by atoms with van der Waals surface area (Å²) in [4.78, 5) is 19.4. The minimum absolute atomic E-state index is 0.129. The van der Waals surface area contributed by atoms with Crippen LogP contribution in [0.25, 0.3) is 28.0 Å². The van der Waals surface area contributed by atoms with E-state index in [9.17, 15) is 14.3 Å². The van der Waals surface area contributed by atoms with Crippen LogP contribution in [0.3, 0.4) is 0 Å². The first-order chi connectivity index (χ1) is 12.5. The number of aromatic carboxylic acids is 1. The number of hydrogen-bond acceptors (Lipinski definition) is 3. The maximum atomic E-state index is 13.2. The molecule has 7 heteroatoms. The van der Waals surface area contributed by atoms with Crippen molar-refractivity contribution >= 4 is 28.5 Å². The number of rotatable bonds is 3. The molecule has 4 rings (SSSR count). The number of fused-ring (bicyclic) bond motifs is 1. The number of carboxylic acids is 1. The molecule has 2 aromatic carbocycles. The van der Waals surface area contributed by atoms with Crippen LogP contribution in [0.2, 0.25) is 5.02 Å². The van der Waals surface area contributed by atoms with Crippen LogP contribution in [-0.2, 0) is 0 Å². The monoisotopic (exact) mass is 367 g/mol. The molecule has 2 aromatic heterocycles. The van der Waals surface area contributed by atoms with E-state index in [1.54, 1.807) is 22.9 Å². The van der Waals surface area contributed by atoms with E-state index in [1.165, 1.54) is 12.1 Å². The van der Waals surface area contributed by atoms with Gasteiger partial charge in [0, 0.05) is 27.7 Å². The standard InChI is InChI=1S/C19H11ClFN3O2/c20-16-4-2-1-3-13(16)15-10-24(19-22-8-12(21)9-23-19)17-7-11(18(25)26)5-6-14(15)17/h1-10H,(H,25,26). The lowest BCUT2D eigenvalue weighted by atomic mass is 10.0. The molecule has 0 unspecified atom stereocenters. The molecule has 0 aliphatic heterocycles. The van der Waals surface area contributed by atoms with Gasteiger partial charge in [0.15, 0.2) is 5.82 Å². The molecule has 2 heterocycles. The fraction of sp³-hybridized carbons (Fsp3) is 0. The van der Waals surface area contributed by atoms with Crippen molar-refractivity contribution in [1.29, 1.82) is 0 Å². The average Bonchev–Trinajstić information content (AvgIpc) is 3.01. The molecule has 5 nitrogen and oxygen atoms in total. The van der Waals surface area contributed by atoms with Crippen LogP contribution in [0.1, 0.15) is 10.4 Å². The second-order valence-corrected chi connectivity index (χ2v) is 6.04. The van der Waals surface area contributed by atoms with Gasteiger partial charge >= 0.3 is 5.97 Å². The van der Waals surface area contributed by atoms with Crippen LogP contribution in [0, 0.1) is 5.82 Å². The Bertz CT molecular complexity index is 1140. The quantitative estimate of drug-likeness (QED) is 0.575. The molecular weight excluding hydrogens is 357 g/mol. The van der Waals surface area contributed by atoms with E-state index in [0.29, 0.717) is 10.5 Å². The molecule has 0 bridgehead atoms. The highest BCUT2D eigenvalue weighted by Gasteiger charge is 2.16. The second-order valence-electron chi connectivity index (χ2n) is 5.63. The van der Waals surface area contributed by atoms with Gasteiger partial charge in [0.25, 0.3) is 0 Å².